The maximum atomic E-state index is 14.5. The molecule has 4 heterocycles. The monoisotopic (exact) mass is 1000 g/mol. The van der Waals surface area contributed by atoms with E-state index in [0.717, 1.165) is 29.2 Å². The molecule has 0 unspecified atom stereocenters. The highest BCUT2D eigenvalue weighted by Crippen LogP contribution is 2.48. The molecular weight excluding hydrogens is 950 g/mol. The lowest BCUT2D eigenvalue weighted by molar-refractivity contribution is -0.136. The van der Waals surface area contributed by atoms with E-state index in [1.165, 1.54) is 36.5 Å². The highest BCUT2D eigenvalue weighted by molar-refractivity contribution is 8.76. The molecular formula is C53H54ClN5O9S2. The average Bonchev–Trinajstić information content (AvgIpc) is 4.10. The summed E-state index contributed by atoms with van der Waals surface area (Å²) >= 11 is 6.62. The quantitative estimate of drug-likeness (QED) is 0.0609. The highest BCUT2D eigenvalue weighted by atomic mass is 35.5. The van der Waals surface area contributed by atoms with E-state index in [0.29, 0.717) is 95.8 Å². The van der Waals surface area contributed by atoms with Crippen LogP contribution < -0.4 is 29.2 Å². The Bertz CT molecular complexity index is 2940. The van der Waals surface area contributed by atoms with Crippen LogP contribution in [0.5, 0.6) is 23.0 Å². The number of amides is 4. The predicted octanol–water partition coefficient (Wildman–Crippen LogP) is 10.2. The number of nitrogens with zero attached hydrogens (tertiary/aromatic N) is 3. The zero-order valence-electron chi connectivity index (χ0n) is 39.2. The van der Waals surface area contributed by atoms with Crippen LogP contribution in [0.25, 0.3) is 32.8 Å². The third kappa shape index (κ3) is 8.83. The van der Waals surface area contributed by atoms with Gasteiger partial charge in [0.15, 0.2) is 11.5 Å². The fourth-order valence-electron chi connectivity index (χ4n) is 10.7. The van der Waals surface area contributed by atoms with Gasteiger partial charge in [0, 0.05) is 78.7 Å². The van der Waals surface area contributed by atoms with Gasteiger partial charge in [-0.2, -0.15) is 0 Å². The second kappa shape index (κ2) is 20.6. The molecule has 364 valence electrons. The van der Waals surface area contributed by atoms with Gasteiger partial charge in [0.25, 0.3) is 5.91 Å². The fraction of sp³-hybridized carbons (Fsp3) is 0.358. The van der Waals surface area contributed by atoms with Crippen LogP contribution in [0.15, 0.2) is 91.0 Å². The van der Waals surface area contributed by atoms with Crippen molar-refractivity contribution in [2.24, 2.45) is 0 Å². The summed E-state index contributed by atoms with van der Waals surface area (Å²) < 4.78 is 28.9. The molecule has 1 aromatic heterocycles. The van der Waals surface area contributed by atoms with Gasteiger partial charge in [-0.25, -0.2) is 9.59 Å². The molecule has 5 aromatic carbocycles. The van der Waals surface area contributed by atoms with E-state index in [-0.39, 0.29) is 48.2 Å². The van der Waals surface area contributed by atoms with Gasteiger partial charge in [0.1, 0.15) is 18.1 Å². The molecule has 0 bridgehead atoms. The molecule has 14 nitrogen and oxygen atoms in total. The van der Waals surface area contributed by atoms with Crippen LogP contribution in [-0.4, -0.2) is 122 Å². The first-order valence-electron chi connectivity index (χ1n) is 23.6. The van der Waals surface area contributed by atoms with Crippen molar-refractivity contribution in [3.05, 3.63) is 113 Å². The van der Waals surface area contributed by atoms with Crippen molar-refractivity contribution in [2.45, 2.75) is 49.6 Å². The van der Waals surface area contributed by atoms with E-state index < -0.39 is 12.2 Å². The fourth-order valence-corrected chi connectivity index (χ4v) is 13.6. The summed E-state index contributed by atoms with van der Waals surface area (Å²) in [5.41, 5.74) is 7.14. The van der Waals surface area contributed by atoms with Gasteiger partial charge in [0.05, 0.1) is 44.6 Å². The third-order valence-corrected chi connectivity index (χ3v) is 16.8. The SMILES string of the molecule is COc1cc2cc(C(=O)N3C[C@@H](CCl)c4c3cc(OC(=O)N3CCN(C(=O)CCCCCNC(=O)OCC5c6ccccc6-c6ccccc65)[C@H]5CSSC[C@H]53)c3ccccc43)[nH]c2c(OC)c1OC. The zero-order valence-corrected chi connectivity index (χ0v) is 41.6. The van der Waals surface area contributed by atoms with Gasteiger partial charge in [-0.3, -0.25) is 9.59 Å². The minimum atomic E-state index is -0.501. The highest BCUT2D eigenvalue weighted by Gasteiger charge is 2.44. The molecule has 0 spiro atoms. The van der Waals surface area contributed by atoms with E-state index in [4.69, 9.17) is 35.3 Å². The minimum Gasteiger partial charge on any atom is -0.493 e. The van der Waals surface area contributed by atoms with E-state index in [1.54, 1.807) is 56.7 Å². The lowest BCUT2D eigenvalue weighted by atomic mass is 9.95. The van der Waals surface area contributed by atoms with Crippen LogP contribution >= 0.6 is 33.2 Å². The Hall–Kier alpha value is -6.23. The van der Waals surface area contributed by atoms with Crippen LogP contribution in [0.4, 0.5) is 15.3 Å². The number of alkyl carbamates (subject to hydrolysis) is 1. The molecule has 70 heavy (non-hydrogen) atoms. The Morgan fingerprint density at radius 3 is 2.13 bits per heavy atom. The molecule has 17 heteroatoms. The summed E-state index contributed by atoms with van der Waals surface area (Å²) in [6.45, 7) is 1.75. The van der Waals surface area contributed by atoms with Gasteiger partial charge >= 0.3 is 12.2 Å². The Labute approximate surface area is 419 Å². The summed E-state index contributed by atoms with van der Waals surface area (Å²) in [7, 11) is 8.00. The molecule has 6 aromatic rings. The third-order valence-electron chi connectivity index (χ3n) is 14.0. The maximum Gasteiger partial charge on any atom is 0.415 e. The molecule has 0 radical (unpaired) electrons. The number of ether oxygens (including phenoxy) is 5. The number of H-pyrrole nitrogens is 1. The lowest BCUT2D eigenvalue weighted by Crippen LogP contribution is -2.65. The van der Waals surface area contributed by atoms with Gasteiger partial charge in [-0.1, -0.05) is 101 Å². The number of carbonyl (C=O) groups excluding carboxylic acids is 4. The standard InChI is InChI=1S/C53H54ClN5O9S2/c1-64-45-24-31-23-40(56-48(31)50(66-3)49(45)65-2)51(61)59-27-32(26-54)47-38-18-11-10-17-37(38)44(25-41(47)59)68-53(63)58-22-21-57(42-29-69-70-30-43(42)58)46(60)19-5-4-12-20-55-52(62)67-28-39-35-15-8-6-13-33(35)34-14-7-9-16-36(34)39/h6-11,13-18,23-25,32,39,42-43,56H,4-5,12,19-22,26-30H2,1-3H3,(H,55,62)/t32-,42+,43-/m1/s1. The number of alkyl halides is 1. The number of hydrogen-bond donors (Lipinski definition) is 2. The van der Waals surface area contributed by atoms with E-state index in [9.17, 15) is 19.2 Å². The Morgan fingerprint density at radius 1 is 0.757 bits per heavy atom. The molecule has 3 atom stereocenters. The van der Waals surface area contributed by atoms with Crippen LogP contribution in [0.3, 0.4) is 0 Å². The smallest absolute Gasteiger partial charge is 0.415 e. The van der Waals surface area contributed by atoms with Crippen molar-refractivity contribution in [2.75, 3.05) is 76.4 Å². The molecule has 4 aliphatic rings. The summed E-state index contributed by atoms with van der Waals surface area (Å²) in [6.07, 6.45) is 1.60. The largest absolute Gasteiger partial charge is 0.493 e. The van der Waals surface area contributed by atoms with Crippen LogP contribution in [0.2, 0.25) is 0 Å². The summed E-state index contributed by atoms with van der Waals surface area (Å²) in [4.78, 5) is 64.1. The van der Waals surface area contributed by atoms with E-state index in [2.05, 4.69) is 34.6 Å². The number of piperazine rings is 1. The van der Waals surface area contributed by atoms with Gasteiger partial charge in [-0.15, -0.1) is 11.6 Å². The number of rotatable bonds is 14. The van der Waals surface area contributed by atoms with Crippen LogP contribution in [0, 0.1) is 0 Å². The number of fused-ring (bicyclic) bond motifs is 8. The normalized spacial score (nSPS) is 18.2. The molecule has 2 fully saturated rings. The number of anilines is 1. The van der Waals surface area contributed by atoms with Crippen molar-refractivity contribution in [1.82, 2.24) is 20.1 Å². The Morgan fingerprint density at radius 2 is 1.43 bits per heavy atom. The van der Waals surface area contributed by atoms with Crippen molar-refractivity contribution in [1.29, 1.82) is 0 Å². The molecule has 4 amide bonds. The first-order chi connectivity index (χ1) is 34.2. The number of hydrogen-bond acceptors (Lipinski definition) is 11. The maximum absolute atomic E-state index is 14.5. The number of aromatic nitrogens is 1. The Kier molecular flexibility index (Phi) is 14.0. The van der Waals surface area contributed by atoms with Gasteiger partial charge < -0.3 is 48.7 Å². The second-order valence-corrected chi connectivity index (χ2v) is 20.7. The minimum absolute atomic E-state index is 0.00109. The number of methoxy groups -OCH3 is 3. The van der Waals surface area contributed by atoms with Crippen molar-refractivity contribution < 1.29 is 42.9 Å². The number of nitrogens with one attached hydrogen (secondary N) is 2. The topological polar surface area (TPSA) is 152 Å². The Balaban J connectivity index is 0.767. The molecule has 1 aliphatic carbocycles. The molecule has 2 saturated heterocycles. The summed E-state index contributed by atoms with van der Waals surface area (Å²) in [5.74, 6) is 2.82. The molecule has 0 saturated carbocycles. The van der Waals surface area contributed by atoms with Crippen molar-refractivity contribution >= 4 is 84.6 Å². The second-order valence-electron chi connectivity index (χ2n) is 17.8. The first kappa shape index (κ1) is 47.4. The zero-order chi connectivity index (χ0) is 48.5. The van der Waals surface area contributed by atoms with Gasteiger partial charge in [0.2, 0.25) is 11.7 Å². The van der Waals surface area contributed by atoms with Gasteiger partial charge in [-0.05, 0) is 58.2 Å². The number of carbonyl (C=O) groups is 4. The first-order valence-corrected chi connectivity index (χ1v) is 26.6. The van der Waals surface area contributed by atoms with Crippen molar-refractivity contribution in [3.63, 3.8) is 0 Å². The number of halogens is 1. The van der Waals surface area contributed by atoms with Crippen LogP contribution in [0.1, 0.15) is 64.7 Å². The van der Waals surface area contributed by atoms with E-state index >= 15 is 0 Å². The lowest BCUT2D eigenvalue weighted by Gasteiger charge is -2.48. The average molecular weight is 1000 g/mol. The number of unbranched alkanes of at least 4 members (excludes halogenated alkanes) is 2. The van der Waals surface area contributed by atoms with Crippen LogP contribution in [-0.2, 0) is 9.53 Å². The molecule has 10 rings (SSSR count). The molecule has 3 aliphatic heterocycles. The summed E-state index contributed by atoms with van der Waals surface area (Å²) in [6, 6.07) is 29.2. The number of aromatic amines is 1. The van der Waals surface area contributed by atoms with Crippen molar-refractivity contribution in [3.8, 4) is 34.1 Å². The van der Waals surface area contributed by atoms with E-state index in [1.807, 2.05) is 53.4 Å². The molecule has 2 N–H and O–H groups in total. The number of benzene rings is 5. The predicted molar refractivity (Wildman–Crippen MR) is 276 cm³/mol. The summed E-state index contributed by atoms with van der Waals surface area (Å²) in [5, 5.41) is 5.18.